The maximum atomic E-state index is 13.2. The van der Waals surface area contributed by atoms with Crippen LogP contribution in [-0.4, -0.2) is 37.6 Å². The van der Waals surface area contributed by atoms with Crippen molar-refractivity contribution in [3.8, 4) is 11.8 Å². The maximum Gasteiger partial charge on any atom is 0.252 e. The third-order valence-corrected chi connectivity index (χ3v) is 7.05. The van der Waals surface area contributed by atoms with Crippen LogP contribution in [0.3, 0.4) is 0 Å². The lowest BCUT2D eigenvalue weighted by Gasteiger charge is -2.28. The number of likely N-dealkylation sites (tertiary alicyclic amines) is 1. The zero-order chi connectivity index (χ0) is 23.0. The van der Waals surface area contributed by atoms with Gasteiger partial charge in [0.15, 0.2) is 0 Å². The lowest BCUT2D eigenvalue weighted by molar-refractivity contribution is 0.0935. The number of rotatable bonds is 8. The van der Waals surface area contributed by atoms with E-state index in [1.807, 2.05) is 54.6 Å². The van der Waals surface area contributed by atoms with Crippen molar-refractivity contribution in [2.75, 3.05) is 26.7 Å². The van der Waals surface area contributed by atoms with Crippen LogP contribution in [0.2, 0.25) is 0 Å². The second-order valence-electron chi connectivity index (χ2n) is 7.95. The maximum absolute atomic E-state index is 13.2. The Labute approximate surface area is 199 Å². The van der Waals surface area contributed by atoms with Crippen LogP contribution in [0.5, 0.6) is 5.75 Å². The zero-order valence-electron chi connectivity index (χ0n) is 18.7. The minimum atomic E-state index is -0.106. The van der Waals surface area contributed by atoms with Crippen LogP contribution in [0, 0.1) is 11.3 Å². The Kier molecular flexibility index (Phi) is 7.66. The van der Waals surface area contributed by atoms with Crippen molar-refractivity contribution in [3.05, 3.63) is 89.5 Å². The predicted octanol–water partition coefficient (Wildman–Crippen LogP) is 5.28. The van der Waals surface area contributed by atoms with Crippen LogP contribution >= 0.6 is 11.8 Å². The molecule has 6 heteroatoms. The molecule has 4 rings (SSSR count). The van der Waals surface area contributed by atoms with Gasteiger partial charge in [-0.3, -0.25) is 9.69 Å². The Balaban J connectivity index is 1.51. The third kappa shape index (κ3) is 5.57. The second-order valence-corrected chi connectivity index (χ2v) is 9.03. The molecule has 0 bridgehead atoms. The molecule has 3 aromatic carbocycles. The number of methoxy groups -OCH3 is 1. The van der Waals surface area contributed by atoms with Crippen LogP contribution in [0.25, 0.3) is 0 Å². The molecule has 5 nitrogen and oxygen atoms in total. The van der Waals surface area contributed by atoms with Crippen LogP contribution in [0.15, 0.2) is 82.6 Å². The standard InChI is InChI=1S/C27H27N3O2S/c1-32-22-14-12-20(13-15-22)24(30-16-6-7-17-30)19-29-27(31)23-9-3-5-11-26(23)33-25-10-4-2-8-21(25)18-28/h2-5,8-15,24H,6-7,16-17,19H2,1H3,(H,29,31). The lowest BCUT2D eigenvalue weighted by Crippen LogP contribution is -2.37. The van der Waals surface area contributed by atoms with Gasteiger partial charge in [0.2, 0.25) is 0 Å². The number of ether oxygens (including phenoxy) is 1. The Morgan fingerprint density at radius 3 is 2.39 bits per heavy atom. The molecule has 0 aromatic heterocycles. The smallest absolute Gasteiger partial charge is 0.252 e. The highest BCUT2D eigenvalue weighted by Gasteiger charge is 2.24. The van der Waals surface area contributed by atoms with Crippen molar-refractivity contribution >= 4 is 17.7 Å². The van der Waals surface area contributed by atoms with Crippen molar-refractivity contribution in [1.82, 2.24) is 10.2 Å². The molecule has 1 aliphatic rings. The second kappa shape index (κ2) is 11.0. The molecule has 1 saturated heterocycles. The number of carbonyl (C=O) groups excluding carboxylic acids is 1. The number of benzene rings is 3. The molecule has 1 N–H and O–H groups in total. The van der Waals surface area contributed by atoms with Gasteiger partial charge >= 0.3 is 0 Å². The summed E-state index contributed by atoms with van der Waals surface area (Å²) in [6.07, 6.45) is 2.36. The number of carbonyl (C=O) groups is 1. The van der Waals surface area contributed by atoms with Gasteiger partial charge < -0.3 is 10.1 Å². The van der Waals surface area contributed by atoms with Crippen LogP contribution in [0.4, 0.5) is 0 Å². The first-order chi connectivity index (χ1) is 16.2. The summed E-state index contributed by atoms with van der Waals surface area (Å²) in [5.74, 6) is 0.719. The molecule has 3 aromatic rings. The van der Waals surface area contributed by atoms with E-state index in [9.17, 15) is 10.1 Å². The van der Waals surface area contributed by atoms with E-state index in [0.717, 1.165) is 28.6 Å². The average Bonchev–Trinajstić information content (AvgIpc) is 3.40. The first-order valence-electron chi connectivity index (χ1n) is 11.1. The summed E-state index contributed by atoms with van der Waals surface area (Å²) in [6, 6.07) is 25.4. The highest BCUT2D eigenvalue weighted by Crippen LogP contribution is 2.33. The van der Waals surface area contributed by atoms with Crippen LogP contribution < -0.4 is 10.1 Å². The van der Waals surface area contributed by atoms with Crippen LogP contribution in [0.1, 0.15) is 40.4 Å². The topological polar surface area (TPSA) is 65.4 Å². The van der Waals surface area contributed by atoms with E-state index in [1.54, 1.807) is 13.2 Å². The number of hydrogen-bond acceptors (Lipinski definition) is 5. The van der Waals surface area contributed by atoms with Gasteiger partial charge in [0.1, 0.15) is 11.8 Å². The Hall–Kier alpha value is -3.27. The van der Waals surface area contributed by atoms with E-state index in [1.165, 1.54) is 30.2 Å². The summed E-state index contributed by atoms with van der Waals surface area (Å²) < 4.78 is 5.30. The lowest BCUT2D eigenvalue weighted by atomic mass is 10.0. The molecule has 0 saturated carbocycles. The van der Waals surface area contributed by atoms with Crippen molar-refractivity contribution in [2.45, 2.75) is 28.7 Å². The van der Waals surface area contributed by atoms with Crippen molar-refractivity contribution in [2.24, 2.45) is 0 Å². The molecule has 1 aliphatic heterocycles. The van der Waals surface area contributed by atoms with E-state index in [-0.39, 0.29) is 11.9 Å². The highest BCUT2D eigenvalue weighted by atomic mass is 32.2. The van der Waals surface area contributed by atoms with Gasteiger partial charge in [-0.05, 0) is 67.9 Å². The summed E-state index contributed by atoms with van der Waals surface area (Å²) in [5, 5.41) is 12.6. The van der Waals surface area contributed by atoms with Gasteiger partial charge in [-0.2, -0.15) is 5.26 Å². The van der Waals surface area contributed by atoms with E-state index in [0.29, 0.717) is 17.7 Å². The molecule has 1 unspecified atom stereocenters. The fraction of sp³-hybridized carbons (Fsp3) is 0.259. The fourth-order valence-corrected chi connectivity index (χ4v) is 5.16. The van der Waals surface area contributed by atoms with E-state index in [4.69, 9.17) is 4.74 Å². The molecule has 1 amide bonds. The molecule has 168 valence electrons. The summed E-state index contributed by atoms with van der Waals surface area (Å²) >= 11 is 1.45. The van der Waals surface area contributed by atoms with Gasteiger partial charge in [0.25, 0.3) is 5.91 Å². The minimum Gasteiger partial charge on any atom is -0.497 e. The molecule has 0 radical (unpaired) electrons. The SMILES string of the molecule is COc1ccc(C(CNC(=O)c2ccccc2Sc2ccccc2C#N)N2CCCC2)cc1. The first kappa shape index (κ1) is 22.9. The average molecular weight is 458 g/mol. The Bertz CT molecular complexity index is 1130. The van der Waals surface area contributed by atoms with Crippen molar-refractivity contribution in [1.29, 1.82) is 5.26 Å². The fourth-order valence-electron chi connectivity index (χ4n) is 4.13. The number of hydrogen-bond donors (Lipinski definition) is 1. The van der Waals surface area contributed by atoms with Gasteiger partial charge in [-0.1, -0.05) is 48.2 Å². The van der Waals surface area contributed by atoms with E-state index >= 15 is 0 Å². The van der Waals surface area contributed by atoms with Crippen LogP contribution in [-0.2, 0) is 0 Å². The molecule has 1 atom stereocenters. The Morgan fingerprint density at radius 2 is 1.70 bits per heavy atom. The van der Waals surface area contributed by atoms with E-state index < -0.39 is 0 Å². The summed E-state index contributed by atoms with van der Waals surface area (Å²) in [6.45, 7) is 2.59. The molecular weight excluding hydrogens is 430 g/mol. The van der Waals surface area contributed by atoms with Crippen molar-refractivity contribution in [3.63, 3.8) is 0 Å². The molecule has 33 heavy (non-hydrogen) atoms. The predicted molar refractivity (Wildman–Crippen MR) is 131 cm³/mol. The number of nitrogens with one attached hydrogen (secondary N) is 1. The summed E-state index contributed by atoms with van der Waals surface area (Å²) in [7, 11) is 1.66. The zero-order valence-corrected chi connectivity index (χ0v) is 19.5. The molecule has 0 spiro atoms. The minimum absolute atomic E-state index is 0.106. The third-order valence-electron chi connectivity index (χ3n) is 5.90. The van der Waals surface area contributed by atoms with Gasteiger partial charge in [-0.15, -0.1) is 0 Å². The first-order valence-corrected chi connectivity index (χ1v) is 11.9. The van der Waals surface area contributed by atoms with Gasteiger partial charge in [-0.25, -0.2) is 0 Å². The molecule has 0 aliphatic carbocycles. The monoisotopic (exact) mass is 457 g/mol. The van der Waals surface area contributed by atoms with Gasteiger partial charge in [0, 0.05) is 16.3 Å². The normalized spacial score (nSPS) is 14.4. The molecule has 1 fully saturated rings. The van der Waals surface area contributed by atoms with Crippen molar-refractivity contribution < 1.29 is 9.53 Å². The number of amides is 1. The van der Waals surface area contributed by atoms with Gasteiger partial charge in [0.05, 0.1) is 24.3 Å². The largest absolute Gasteiger partial charge is 0.497 e. The quantitative estimate of drug-likeness (QED) is 0.498. The molecular formula is C27H27N3O2S. The highest BCUT2D eigenvalue weighted by molar-refractivity contribution is 7.99. The summed E-state index contributed by atoms with van der Waals surface area (Å²) in [5.41, 5.74) is 2.39. The van der Waals surface area contributed by atoms with E-state index in [2.05, 4.69) is 28.4 Å². The summed E-state index contributed by atoms with van der Waals surface area (Å²) in [4.78, 5) is 17.3. The molecule has 1 heterocycles. The number of nitriles is 1. The number of nitrogens with zero attached hydrogens (tertiary/aromatic N) is 2. The Morgan fingerprint density at radius 1 is 1.03 bits per heavy atom.